The summed E-state index contributed by atoms with van der Waals surface area (Å²) in [6.45, 7) is 2.95. The molecule has 0 bridgehead atoms. The third-order valence-corrected chi connectivity index (χ3v) is 4.68. The van der Waals surface area contributed by atoms with Crippen LogP contribution in [0.15, 0.2) is 30.7 Å². The number of H-pyrrole nitrogens is 1. The molecule has 2 aromatic rings. The number of imidazole rings is 1. The molecule has 24 heavy (non-hydrogen) atoms. The second-order valence-corrected chi connectivity index (χ2v) is 6.68. The van der Waals surface area contributed by atoms with Crippen LogP contribution < -0.4 is 0 Å². The number of aromatic nitrogens is 2. The van der Waals surface area contributed by atoms with Gasteiger partial charge in [0.25, 0.3) is 0 Å². The number of halogens is 2. The van der Waals surface area contributed by atoms with Crippen LogP contribution in [0.4, 0.5) is 0 Å². The number of ether oxygens (including phenoxy) is 1. The van der Waals surface area contributed by atoms with Crippen molar-refractivity contribution in [2.45, 2.75) is 32.0 Å². The van der Waals surface area contributed by atoms with E-state index in [2.05, 4.69) is 9.97 Å². The molecule has 1 N–H and O–H groups in total. The van der Waals surface area contributed by atoms with E-state index in [0.717, 1.165) is 43.6 Å². The molecule has 0 unspecified atom stereocenters. The Morgan fingerprint density at radius 2 is 2.08 bits per heavy atom. The summed E-state index contributed by atoms with van der Waals surface area (Å²) in [7, 11) is 0. The predicted octanol–water partition coefficient (Wildman–Crippen LogP) is 3.87. The van der Waals surface area contributed by atoms with E-state index in [1.165, 1.54) is 0 Å². The van der Waals surface area contributed by atoms with Gasteiger partial charge in [0.1, 0.15) is 0 Å². The van der Waals surface area contributed by atoms with Crippen LogP contribution in [0.2, 0.25) is 10.0 Å². The van der Waals surface area contributed by atoms with Crippen molar-refractivity contribution in [2.75, 3.05) is 19.7 Å². The molecule has 1 aliphatic heterocycles. The maximum absolute atomic E-state index is 6.17. The predicted molar refractivity (Wildman–Crippen MR) is 94.1 cm³/mol. The molecule has 1 saturated heterocycles. The van der Waals surface area contributed by atoms with Gasteiger partial charge in [-0.2, -0.15) is 5.06 Å². The van der Waals surface area contributed by atoms with Crippen molar-refractivity contribution < 1.29 is 9.57 Å². The summed E-state index contributed by atoms with van der Waals surface area (Å²) in [5.74, 6) is 0. The molecule has 0 saturated carbocycles. The van der Waals surface area contributed by atoms with Crippen molar-refractivity contribution in [1.29, 1.82) is 0 Å². The molecule has 2 heterocycles. The Morgan fingerprint density at radius 3 is 2.79 bits per heavy atom. The number of benzene rings is 1. The normalized spacial score (nSPS) is 16.6. The Hall–Kier alpha value is -1.11. The summed E-state index contributed by atoms with van der Waals surface area (Å²) < 4.78 is 5.89. The Morgan fingerprint density at radius 1 is 1.25 bits per heavy atom. The van der Waals surface area contributed by atoms with Gasteiger partial charge in [-0.05, 0) is 37.0 Å². The van der Waals surface area contributed by atoms with Crippen LogP contribution in [0.5, 0.6) is 0 Å². The molecule has 0 radical (unpaired) electrons. The first kappa shape index (κ1) is 17.7. The highest BCUT2D eigenvalue weighted by Crippen LogP contribution is 2.22. The summed E-state index contributed by atoms with van der Waals surface area (Å²) >= 11 is 12.1. The molecular formula is C17H21Cl2N3O2. The number of rotatable bonds is 7. The van der Waals surface area contributed by atoms with Crippen LogP contribution in [0.25, 0.3) is 0 Å². The molecule has 0 atom stereocenters. The van der Waals surface area contributed by atoms with Crippen LogP contribution in [-0.4, -0.2) is 40.8 Å². The number of nitrogens with zero attached hydrogens (tertiary/aromatic N) is 2. The Bertz CT molecular complexity index is 629. The average Bonchev–Trinajstić information content (AvgIpc) is 3.10. The molecule has 5 nitrogen and oxygen atoms in total. The fourth-order valence-corrected chi connectivity index (χ4v) is 3.21. The van der Waals surface area contributed by atoms with Gasteiger partial charge in [-0.1, -0.05) is 29.3 Å². The monoisotopic (exact) mass is 369 g/mol. The molecule has 7 heteroatoms. The number of hydroxylamine groups is 2. The average molecular weight is 370 g/mol. The first-order valence-corrected chi connectivity index (χ1v) is 8.87. The van der Waals surface area contributed by atoms with Gasteiger partial charge in [0, 0.05) is 23.1 Å². The SMILES string of the molecule is Clc1ccc(CCON2CCC(OCc3cnc[nH]3)CC2)c(Cl)c1. The number of piperidine rings is 1. The number of hydrogen-bond donors (Lipinski definition) is 1. The summed E-state index contributed by atoms with van der Waals surface area (Å²) in [4.78, 5) is 12.9. The fraction of sp³-hybridized carbons (Fsp3) is 0.471. The van der Waals surface area contributed by atoms with E-state index in [9.17, 15) is 0 Å². The lowest BCUT2D eigenvalue weighted by Gasteiger charge is -2.31. The second kappa shape index (κ2) is 8.83. The lowest BCUT2D eigenvalue weighted by atomic mass is 10.1. The van der Waals surface area contributed by atoms with Gasteiger partial charge >= 0.3 is 0 Å². The maximum atomic E-state index is 6.17. The van der Waals surface area contributed by atoms with E-state index in [1.807, 2.05) is 17.2 Å². The molecular weight excluding hydrogens is 349 g/mol. The van der Waals surface area contributed by atoms with E-state index < -0.39 is 0 Å². The van der Waals surface area contributed by atoms with Crippen molar-refractivity contribution in [1.82, 2.24) is 15.0 Å². The van der Waals surface area contributed by atoms with E-state index in [1.54, 1.807) is 18.6 Å². The zero-order valence-corrected chi connectivity index (χ0v) is 14.9. The molecule has 1 fully saturated rings. The van der Waals surface area contributed by atoms with Crippen molar-refractivity contribution in [3.05, 3.63) is 52.0 Å². The van der Waals surface area contributed by atoms with Crippen molar-refractivity contribution >= 4 is 23.2 Å². The zero-order valence-electron chi connectivity index (χ0n) is 13.4. The van der Waals surface area contributed by atoms with Crippen LogP contribution in [0, 0.1) is 0 Å². The summed E-state index contributed by atoms with van der Waals surface area (Å²) in [6.07, 6.45) is 6.44. The van der Waals surface area contributed by atoms with Crippen LogP contribution in [0.1, 0.15) is 24.1 Å². The Labute approximate surface area is 151 Å². The highest BCUT2D eigenvalue weighted by atomic mass is 35.5. The van der Waals surface area contributed by atoms with Crippen LogP contribution in [0.3, 0.4) is 0 Å². The molecule has 130 valence electrons. The first-order valence-electron chi connectivity index (χ1n) is 8.11. The van der Waals surface area contributed by atoms with Gasteiger partial charge < -0.3 is 9.72 Å². The first-order chi connectivity index (χ1) is 11.7. The molecule has 1 aromatic carbocycles. The minimum Gasteiger partial charge on any atom is -0.372 e. The van der Waals surface area contributed by atoms with E-state index >= 15 is 0 Å². The lowest BCUT2D eigenvalue weighted by molar-refractivity contribution is -0.183. The molecule has 0 aliphatic carbocycles. The largest absolute Gasteiger partial charge is 0.372 e. The zero-order chi connectivity index (χ0) is 16.8. The van der Waals surface area contributed by atoms with Crippen LogP contribution >= 0.6 is 23.2 Å². The van der Waals surface area contributed by atoms with Gasteiger partial charge in [0.2, 0.25) is 0 Å². The molecule has 3 rings (SSSR count). The van der Waals surface area contributed by atoms with Crippen molar-refractivity contribution in [3.8, 4) is 0 Å². The highest BCUT2D eigenvalue weighted by Gasteiger charge is 2.20. The van der Waals surface area contributed by atoms with Gasteiger partial charge in [0.15, 0.2) is 0 Å². The number of aromatic amines is 1. The smallest absolute Gasteiger partial charge is 0.0922 e. The van der Waals surface area contributed by atoms with E-state index in [4.69, 9.17) is 32.8 Å². The van der Waals surface area contributed by atoms with Gasteiger partial charge in [-0.25, -0.2) is 4.98 Å². The lowest BCUT2D eigenvalue weighted by Crippen LogP contribution is -2.37. The molecule has 1 aromatic heterocycles. The van der Waals surface area contributed by atoms with Crippen LogP contribution in [-0.2, 0) is 22.6 Å². The Kier molecular flexibility index (Phi) is 6.51. The third kappa shape index (κ3) is 5.19. The van der Waals surface area contributed by atoms with E-state index in [-0.39, 0.29) is 6.10 Å². The standard InChI is InChI=1S/C17H21Cl2N3O2/c18-14-2-1-13(17(19)9-14)5-8-24-22-6-3-16(4-7-22)23-11-15-10-20-12-21-15/h1-2,9-10,12,16H,3-8,11H2,(H,20,21). The minimum atomic E-state index is 0.277. The van der Waals surface area contributed by atoms with E-state index in [0.29, 0.717) is 23.3 Å². The highest BCUT2D eigenvalue weighted by molar-refractivity contribution is 6.35. The minimum absolute atomic E-state index is 0.277. The van der Waals surface area contributed by atoms with Crippen molar-refractivity contribution in [2.24, 2.45) is 0 Å². The summed E-state index contributed by atoms with van der Waals surface area (Å²) in [5, 5.41) is 3.36. The summed E-state index contributed by atoms with van der Waals surface area (Å²) in [5.41, 5.74) is 2.06. The maximum Gasteiger partial charge on any atom is 0.0922 e. The molecule has 1 aliphatic rings. The number of hydrogen-bond acceptors (Lipinski definition) is 4. The van der Waals surface area contributed by atoms with Gasteiger partial charge in [-0.15, -0.1) is 0 Å². The van der Waals surface area contributed by atoms with Gasteiger partial charge in [0.05, 0.1) is 37.5 Å². The van der Waals surface area contributed by atoms with Gasteiger partial charge in [-0.3, -0.25) is 4.84 Å². The third-order valence-electron chi connectivity index (χ3n) is 4.09. The number of nitrogens with one attached hydrogen (secondary N) is 1. The van der Waals surface area contributed by atoms with Crippen molar-refractivity contribution in [3.63, 3.8) is 0 Å². The molecule has 0 amide bonds. The molecule has 0 spiro atoms. The fourth-order valence-electron chi connectivity index (χ4n) is 2.71. The topological polar surface area (TPSA) is 50.4 Å². The second-order valence-electron chi connectivity index (χ2n) is 5.84. The summed E-state index contributed by atoms with van der Waals surface area (Å²) in [6, 6.07) is 5.57. The Balaban J connectivity index is 1.33. The quantitative estimate of drug-likeness (QED) is 0.804.